The molecule has 1 aliphatic heterocycles. The summed E-state index contributed by atoms with van der Waals surface area (Å²) in [6.07, 6.45) is 3.58. The molecule has 1 saturated heterocycles. The molecule has 1 aromatic heterocycles. The number of methoxy groups -OCH3 is 1. The molecule has 0 aliphatic carbocycles. The number of anilines is 1. The molecule has 1 aliphatic rings. The highest BCUT2D eigenvalue weighted by Gasteiger charge is 2.27. The highest BCUT2D eigenvalue weighted by Crippen LogP contribution is 2.25. The van der Waals surface area contributed by atoms with Gasteiger partial charge in [-0.2, -0.15) is 0 Å². The summed E-state index contributed by atoms with van der Waals surface area (Å²) in [7, 11) is 1.57. The summed E-state index contributed by atoms with van der Waals surface area (Å²) < 4.78 is 5.10. The summed E-state index contributed by atoms with van der Waals surface area (Å²) in [6.45, 7) is 4.97. The summed E-state index contributed by atoms with van der Waals surface area (Å²) in [5, 5.41) is 2.97. The number of aryl methyl sites for hydroxylation is 1. The number of carbonyl (C=O) groups is 2. The van der Waals surface area contributed by atoms with Crippen molar-refractivity contribution in [2.75, 3.05) is 25.9 Å². The fraction of sp³-hybridized carbons (Fsp3) is 0.478. The van der Waals surface area contributed by atoms with Crippen molar-refractivity contribution >= 4 is 29.2 Å². The van der Waals surface area contributed by atoms with E-state index < -0.39 is 6.04 Å². The quantitative estimate of drug-likeness (QED) is 0.616. The van der Waals surface area contributed by atoms with Crippen LogP contribution in [0.5, 0.6) is 5.75 Å². The van der Waals surface area contributed by atoms with Gasteiger partial charge in [-0.3, -0.25) is 9.59 Å². The number of likely N-dealkylation sites (tertiary alicyclic amines) is 1. The lowest BCUT2D eigenvalue weighted by Crippen LogP contribution is -2.49. The summed E-state index contributed by atoms with van der Waals surface area (Å²) in [5.74, 6) is 1.28. The molecule has 3 rings (SSSR count). The van der Waals surface area contributed by atoms with Crippen molar-refractivity contribution in [3.63, 3.8) is 0 Å². The van der Waals surface area contributed by atoms with Crippen molar-refractivity contribution in [3.05, 3.63) is 46.4 Å². The minimum Gasteiger partial charge on any atom is -0.497 e. The lowest BCUT2D eigenvalue weighted by molar-refractivity contribution is -0.134. The van der Waals surface area contributed by atoms with Gasteiger partial charge >= 0.3 is 0 Å². The van der Waals surface area contributed by atoms with Gasteiger partial charge in [-0.15, -0.1) is 0 Å². The number of nitrogens with zero attached hydrogens (tertiary/aromatic N) is 3. The monoisotopic (exact) mass is 459 g/mol. The van der Waals surface area contributed by atoms with Gasteiger partial charge in [0.1, 0.15) is 17.6 Å². The molecule has 1 atom stereocenters. The van der Waals surface area contributed by atoms with Crippen LogP contribution in [0.15, 0.2) is 24.3 Å². The highest BCUT2D eigenvalue weighted by molar-refractivity contribution is 6.28. The first kappa shape index (κ1) is 23.8. The van der Waals surface area contributed by atoms with Gasteiger partial charge in [0.25, 0.3) is 5.91 Å². The maximum atomic E-state index is 12.8. The second-order valence-corrected chi connectivity index (χ2v) is 8.51. The van der Waals surface area contributed by atoms with Crippen LogP contribution in [0.1, 0.15) is 47.8 Å². The number of piperidine rings is 1. The van der Waals surface area contributed by atoms with Crippen LogP contribution in [0, 0.1) is 12.8 Å². The van der Waals surface area contributed by atoms with E-state index in [0.717, 1.165) is 36.9 Å². The van der Waals surface area contributed by atoms with E-state index in [1.807, 2.05) is 11.8 Å². The van der Waals surface area contributed by atoms with Crippen LogP contribution in [0.25, 0.3) is 0 Å². The van der Waals surface area contributed by atoms with E-state index in [1.54, 1.807) is 38.3 Å². The molecule has 8 nitrogen and oxygen atoms in total. The average molecular weight is 460 g/mol. The normalized spacial score (nSPS) is 15.3. The number of rotatable bonds is 7. The number of hydrogen-bond acceptors (Lipinski definition) is 6. The van der Waals surface area contributed by atoms with Gasteiger partial charge in [-0.1, -0.05) is 0 Å². The zero-order valence-corrected chi connectivity index (χ0v) is 19.5. The Morgan fingerprint density at radius 3 is 2.50 bits per heavy atom. The van der Waals surface area contributed by atoms with Crippen molar-refractivity contribution in [3.8, 4) is 5.75 Å². The van der Waals surface area contributed by atoms with Crippen LogP contribution in [0.3, 0.4) is 0 Å². The predicted molar refractivity (Wildman–Crippen MR) is 124 cm³/mol. The number of amides is 2. The Kier molecular flexibility index (Phi) is 7.90. The van der Waals surface area contributed by atoms with Gasteiger partial charge in [0.2, 0.25) is 11.2 Å². The molecule has 1 aromatic carbocycles. The van der Waals surface area contributed by atoms with E-state index in [0.29, 0.717) is 36.1 Å². The van der Waals surface area contributed by atoms with E-state index in [4.69, 9.17) is 22.1 Å². The Morgan fingerprint density at radius 2 is 1.91 bits per heavy atom. The fourth-order valence-electron chi connectivity index (χ4n) is 4.04. The van der Waals surface area contributed by atoms with E-state index >= 15 is 0 Å². The van der Waals surface area contributed by atoms with Crippen molar-refractivity contribution in [2.24, 2.45) is 5.92 Å². The first-order valence-corrected chi connectivity index (χ1v) is 11.2. The zero-order chi connectivity index (χ0) is 23.3. The largest absolute Gasteiger partial charge is 0.497 e. The molecule has 32 heavy (non-hydrogen) atoms. The molecule has 0 saturated carbocycles. The molecule has 2 amide bonds. The number of ether oxygens (including phenoxy) is 1. The van der Waals surface area contributed by atoms with Gasteiger partial charge in [-0.05, 0) is 81.3 Å². The molecule has 1 fully saturated rings. The predicted octanol–water partition coefficient (Wildman–Crippen LogP) is 3.02. The van der Waals surface area contributed by atoms with Crippen LogP contribution in [0.2, 0.25) is 5.28 Å². The fourth-order valence-corrected chi connectivity index (χ4v) is 4.26. The van der Waals surface area contributed by atoms with Gasteiger partial charge in [0.05, 0.1) is 7.11 Å². The zero-order valence-electron chi connectivity index (χ0n) is 18.7. The third kappa shape index (κ3) is 5.88. The number of nitrogens with one attached hydrogen (secondary N) is 1. The third-order valence-corrected chi connectivity index (χ3v) is 6.19. The molecule has 0 bridgehead atoms. The molecule has 1 unspecified atom stereocenters. The maximum Gasteiger partial charge on any atom is 0.251 e. The first-order valence-electron chi connectivity index (χ1n) is 10.8. The molecule has 9 heteroatoms. The molecule has 3 N–H and O–H groups in total. The van der Waals surface area contributed by atoms with Gasteiger partial charge < -0.3 is 20.7 Å². The van der Waals surface area contributed by atoms with E-state index in [2.05, 4.69) is 15.3 Å². The lowest BCUT2D eigenvalue weighted by Gasteiger charge is -2.34. The summed E-state index contributed by atoms with van der Waals surface area (Å²) >= 11 is 5.85. The number of benzene rings is 1. The topological polar surface area (TPSA) is 110 Å². The van der Waals surface area contributed by atoms with Crippen molar-refractivity contribution in [2.45, 2.75) is 45.6 Å². The lowest BCUT2D eigenvalue weighted by atomic mass is 9.90. The summed E-state index contributed by atoms with van der Waals surface area (Å²) in [5.41, 5.74) is 8.25. The molecule has 2 heterocycles. The Labute approximate surface area is 193 Å². The third-order valence-electron chi connectivity index (χ3n) is 6.02. The van der Waals surface area contributed by atoms with E-state index in [-0.39, 0.29) is 17.1 Å². The van der Waals surface area contributed by atoms with E-state index in [1.165, 1.54) is 0 Å². The van der Waals surface area contributed by atoms with Crippen molar-refractivity contribution < 1.29 is 14.3 Å². The van der Waals surface area contributed by atoms with Crippen LogP contribution in [-0.2, 0) is 11.2 Å². The Bertz CT molecular complexity index is 936. The van der Waals surface area contributed by atoms with Crippen molar-refractivity contribution in [1.82, 2.24) is 20.2 Å². The summed E-state index contributed by atoms with van der Waals surface area (Å²) in [4.78, 5) is 35.3. The van der Waals surface area contributed by atoms with Crippen LogP contribution in [-0.4, -0.2) is 52.9 Å². The first-order chi connectivity index (χ1) is 15.3. The number of halogens is 1. The Hall–Kier alpha value is -2.87. The highest BCUT2D eigenvalue weighted by atomic mass is 35.5. The molecule has 2 aromatic rings. The number of aromatic nitrogens is 2. The van der Waals surface area contributed by atoms with Gasteiger partial charge in [0, 0.05) is 29.9 Å². The second kappa shape index (κ2) is 10.6. The Balaban J connectivity index is 1.46. The minimum absolute atomic E-state index is 0.0588. The number of hydrogen-bond donors (Lipinski definition) is 2. The molecular formula is C23H30ClN5O3. The smallest absolute Gasteiger partial charge is 0.251 e. The van der Waals surface area contributed by atoms with Crippen LogP contribution < -0.4 is 15.8 Å². The standard InChI is InChI=1S/C23H30ClN5O3/c1-14-19(20(25)28-23(24)27-14)9-4-16-10-12-29(13-11-16)22(31)15(2)26-21(30)17-5-7-18(32-3)8-6-17/h5-8,15-16H,4,9-13H2,1-3H3,(H,26,30)(H2,25,27,28). The Morgan fingerprint density at radius 1 is 1.25 bits per heavy atom. The minimum atomic E-state index is -0.588. The van der Waals surface area contributed by atoms with Crippen LogP contribution >= 0.6 is 11.6 Å². The van der Waals surface area contributed by atoms with Gasteiger partial charge in [0.15, 0.2) is 0 Å². The number of nitrogens with two attached hydrogens (primary N) is 1. The summed E-state index contributed by atoms with van der Waals surface area (Å²) in [6, 6.07) is 6.21. The molecular weight excluding hydrogens is 430 g/mol. The molecule has 172 valence electrons. The maximum absolute atomic E-state index is 12.8. The van der Waals surface area contributed by atoms with Gasteiger partial charge in [-0.25, -0.2) is 9.97 Å². The molecule has 0 radical (unpaired) electrons. The second-order valence-electron chi connectivity index (χ2n) is 8.17. The number of nitrogen functional groups attached to an aromatic ring is 1. The SMILES string of the molecule is COc1ccc(C(=O)NC(C)C(=O)N2CCC(CCc3c(C)nc(Cl)nc3N)CC2)cc1. The van der Waals surface area contributed by atoms with E-state index in [9.17, 15) is 9.59 Å². The average Bonchev–Trinajstić information content (AvgIpc) is 2.78. The van der Waals surface area contributed by atoms with Crippen molar-refractivity contribution in [1.29, 1.82) is 0 Å². The number of carbonyl (C=O) groups excluding carboxylic acids is 2. The van der Waals surface area contributed by atoms with Crippen LogP contribution in [0.4, 0.5) is 5.82 Å². The molecule has 0 spiro atoms.